The van der Waals surface area contributed by atoms with Gasteiger partial charge in [0.05, 0.1) is 12.1 Å². The lowest BCUT2D eigenvalue weighted by atomic mass is 9.79. The van der Waals surface area contributed by atoms with Crippen molar-refractivity contribution < 1.29 is 22.7 Å². The highest BCUT2D eigenvalue weighted by atomic mass is 35.5. The number of nitrogens with one attached hydrogen (secondary N) is 2. The fourth-order valence-electron chi connectivity index (χ4n) is 3.42. The Kier molecular flexibility index (Phi) is 4.55. The molecule has 0 bridgehead atoms. The zero-order valence-electron chi connectivity index (χ0n) is 13.0. The van der Waals surface area contributed by atoms with E-state index in [-0.39, 0.29) is 29.8 Å². The molecular formula is C16H18ClF3N2O2. The summed E-state index contributed by atoms with van der Waals surface area (Å²) in [5.74, 6) is 0.101. The molecule has 0 aromatic heterocycles. The number of rotatable bonds is 3. The van der Waals surface area contributed by atoms with E-state index in [1.165, 1.54) is 6.07 Å². The lowest BCUT2D eigenvalue weighted by Gasteiger charge is -2.32. The third-order valence-corrected chi connectivity index (χ3v) is 5.00. The molecule has 3 rings (SSSR count). The minimum atomic E-state index is -4.44. The van der Waals surface area contributed by atoms with Crippen LogP contribution in [0.25, 0.3) is 0 Å². The standard InChI is InChI=1S/C16H18ClF3N2O2/c1-8(16(18,19)20)24-13-4-2-3-10(17)14(13)9-5-6-11-12(7-9)22-15(23)21-11/h2-4,8-9,11-12H,5-7H2,1H3,(H2,21,22,23)/t8-,9?,11?,12?/m0/s1. The zero-order valence-corrected chi connectivity index (χ0v) is 13.7. The molecule has 1 saturated carbocycles. The van der Waals surface area contributed by atoms with E-state index in [2.05, 4.69) is 10.6 Å². The van der Waals surface area contributed by atoms with Gasteiger partial charge in [-0.3, -0.25) is 0 Å². The third-order valence-electron chi connectivity index (χ3n) is 4.67. The number of fused-ring (bicyclic) bond motifs is 1. The van der Waals surface area contributed by atoms with Crippen LogP contribution in [-0.2, 0) is 0 Å². The van der Waals surface area contributed by atoms with E-state index in [1.807, 2.05) is 0 Å². The molecule has 2 amide bonds. The molecule has 0 spiro atoms. The Morgan fingerprint density at radius 3 is 2.67 bits per heavy atom. The van der Waals surface area contributed by atoms with E-state index in [1.54, 1.807) is 12.1 Å². The van der Waals surface area contributed by atoms with Crippen molar-refractivity contribution in [1.82, 2.24) is 10.6 Å². The third kappa shape index (κ3) is 3.41. The van der Waals surface area contributed by atoms with Crippen molar-refractivity contribution >= 4 is 17.6 Å². The van der Waals surface area contributed by atoms with Gasteiger partial charge < -0.3 is 15.4 Å². The van der Waals surface area contributed by atoms with Gasteiger partial charge in [-0.1, -0.05) is 17.7 Å². The number of benzene rings is 1. The molecule has 132 valence electrons. The summed E-state index contributed by atoms with van der Waals surface area (Å²) >= 11 is 6.27. The molecule has 2 fully saturated rings. The van der Waals surface area contributed by atoms with Gasteiger partial charge in [-0.15, -0.1) is 0 Å². The van der Waals surface area contributed by atoms with Gasteiger partial charge in [0, 0.05) is 10.6 Å². The quantitative estimate of drug-likeness (QED) is 0.854. The molecule has 24 heavy (non-hydrogen) atoms. The fraction of sp³-hybridized carbons (Fsp3) is 0.562. The number of carbonyl (C=O) groups excluding carboxylic acids is 1. The Labute approximate surface area is 142 Å². The van der Waals surface area contributed by atoms with Gasteiger partial charge in [-0.05, 0) is 44.2 Å². The fourth-order valence-corrected chi connectivity index (χ4v) is 3.74. The molecule has 1 heterocycles. The first-order valence-corrected chi connectivity index (χ1v) is 8.22. The summed E-state index contributed by atoms with van der Waals surface area (Å²) in [4.78, 5) is 11.4. The van der Waals surface area contributed by atoms with Crippen molar-refractivity contribution in [2.24, 2.45) is 0 Å². The molecule has 1 aromatic carbocycles. The summed E-state index contributed by atoms with van der Waals surface area (Å²) in [5.41, 5.74) is 0.592. The van der Waals surface area contributed by atoms with E-state index >= 15 is 0 Å². The molecule has 1 aliphatic heterocycles. The summed E-state index contributed by atoms with van der Waals surface area (Å²) in [6.45, 7) is 0.975. The van der Waals surface area contributed by atoms with Crippen LogP contribution in [0.4, 0.5) is 18.0 Å². The maximum atomic E-state index is 12.8. The number of alkyl halides is 3. The molecular weight excluding hydrogens is 345 g/mol. The Balaban J connectivity index is 1.84. The lowest BCUT2D eigenvalue weighted by molar-refractivity contribution is -0.189. The van der Waals surface area contributed by atoms with Crippen LogP contribution in [0.15, 0.2) is 18.2 Å². The highest BCUT2D eigenvalue weighted by molar-refractivity contribution is 6.31. The normalized spacial score (nSPS) is 27.9. The van der Waals surface area contributed by atoms with Gasteiger partial charge in [0.1, 0.15) is 5.75 Å². The van der Waals surface area contributed by atoms with Crippen LogP contribution >= 0.6 is 11.6 Å². The highest BCUT2D eigenvalue weighted by Gasteiger charge is 2.41. The topological polar surface area (TPSA) is 50.4 Å². The van der Waals surface area contributed by atoms with E-state index in [9.17, 15) is 18.0 Å². The first-order chi connectivity index (χ1) is 11.3. The summed E-state index contributed by atoms with van der Waals surface area (Å²) in [7, 11) is 0. The van der Waals surface area contributed by atoms with Gasteiger partial charge in [0.15, 0.2) is 6.10 Å². The average Bonchev–Trinajstić information content (AvgIpc) is 2.85. The van der Waals surface area contributed by atoms with Crippen LogP contribution in [0, 0.1) is 0 Å². The number of halogens is 4. The number of hydrogen-bond donors (Lipinski definition) is 2. The van der Waals surface area contributed by atoms with E-state index < -0.39 is 12.3 Å². The second-order valence-electron chi connectivity index (χ2n) is 6.29. The molecule has 1 saturated heterocycles. The number of amides is 2. The highest BCUT2D eigenvalue weighted by Crippen LogP contribution is 2.43. The van der Waals surface area contributed by atoms with Crippen molar-refractivity contribution in [2.75, 3.05) is 0 Å². The van der Waals surface area contributed by atoms with Crippen LogP contribution in [0.3, 0.4) is 0 Å². The molecule has 3 unspecified atom stereocenters. The predicted molar refractivity (Wildman–Crippen MR) is 83.4 cm³/mol. The van der Waals surface area contributed by atoms with Gasteiger partial charge in [0.25, 0.3) is 0 Å². The number of urea groups is 1. The number of ether oxygens (including phenoxy) is 1. The van der Waals surface area contributed by atoms with Crippen molar-refractivity contribution in [3.63, 3.8) is 0 Å². The molecule has 0 radical (unpaired) electrons. The molecule has 2 aliphatic rings. The predicted octanol–water partition coefficient (Wildman–Crippen LogP) is 3.99. The summed E-state index contributed by atoms with van der Waals surface area (Å²) in [6.07, 6.45) is -4.28. The summed E-state index contributed by atoms with van der Waals surface area (Å²) in [5, 5.41) is 6.08. The number of carbonyl (C=O) groups is 1. The molecule has 4 atom stereocenters. The number of hydrogen-bond acceptors (Lipinski definition) is 2. The Bertz CT molecular complexity index is 638. The minimum absolute atomic E-state index is 0.0413. The van der Waals surface area contributed by atoms with Crippen molar-refractivity contribution in [3.05, 3.63) is 28.8 Å². The van der Waals surface area contributed by atoms with Gasteiger partial charge in [-0.2, -0.15) is 13.2 Å². The molecule has 1 aromatic rings. The van der Waals surface area contributed by atoms with Gasteiger partial charge >= 0.3 is 12.2 Å². The maximum absolute atomic E-state index is 12.8. The van der Waals surface area contributed by atoms with Crippen LogP contribution in [0.2, 0.25) is 5.02 Å². The van der Waals surface area contributed by atoms with Crippen molar-refractivity contribution in [1.29, 1.82) is 0 Å². The van der Waals surface area contributed by atoms with Crippen LogP contribution in [0.5, 0.6) is 5.75 Å². The van der Waals surface area contributed by atoms with Gasteiger partial charge in [0.2, 0.25) is 0 Å². The molecule has 1 aliphatic carbocycles. The van der Waals surface area contributed by atoms with E-state index in [0.717, 1.165) is 19.8 Å². The van der Waals surface area contributed by atoms with Crippen LogP contribution < -0.4 is 15.4 Å². The summed E-state index contributed by atoms with van der Waals surface area (Å²) in [6, 6.07) is 4.57. The largest absolute Gasteiger partial charge is 0.481 e. The van der Waals surface area contributed by atoms with Crippen molar-refractivity contribution in [3.8, 4) is 5.75 Å². The minimum Gasteiger partial charge on any atom is -0.481 e. The van der Waals surface area contributed by atoms with Gasteiger partial charge in [-0.25, -0.2) is 4.79 Å². The molecule has 2 N–H and O–H groups in total. The average molecular weight is 363 g/mol. The smallest absolute Gasteiger partial charge is 0.425 e. The second-order valence-corrected chi connectivity index (χ2v) is 6.70. The Morgan fingerprint density at radius 2 is 1.96 bits per heavy atom. The molecule has 8 heteroatoms. The second kappa shape index (κ2) is 6.35. The van der Waals surface area contributed by atoms with Crippen molar-refractivity contribution in [2.45, 2.75) is 56.5 Å². The first kappa shape index (κ1) is 17.2. The van der Waals surface area contributed by atoms with Crippen LogP contribution in [-0.4, -0.2) is 30.4 Å². The maximum Gasteiger partial charge on any atom is 0.425 e. The SMILES string of the molecule is C[C@H](Oc1cccc(Cl)c1C1CCC2NC(=O)NC2C1)C(F)(F)F. The zero-order chi connectivity index (χ0) is 17.5. The Morgan fingerprint density at radius 1 is 1.25 bits per heavy atom. The summed E-state index contributed by atoms with van der Waals surface area (Å²) < 4.78 is 43.6. The van der Waals surface area contributed by atoms with Crippen LogP contribution in [0.1, 0.15) is 37.7 Å². The van der Waals surface area contributed by atoms with E-state index in [0.29, 0.717) is 17.0 Å². The first-order valence-electron chi connectivity index (χ1n) is 7.84. The Hall–Kier alpha value is -1.63. The monoisotopic (exact) mass is 362 g/mol. The van der Waals surface area contributed by atoms with E-state index in [4.69, 9.17) is 16.3 Å². The molecule has 4 nitrogen and oxygen atoms in total. The lowest BCUT2D eigenvalue weighted by Crippen LogP contribution is -2.39.